The molecule has 0 aromatic heterocycles. The summed E-state index contributed by atoms with van der Waals surface area (Å²) in [6.45, 7) is 1.20. The topological polar surface area (TPSA) is 41.6 Å². The molecule has 2 aromatic rings. The van der Waals surface area contributed by atoms with Gasteiger partial charge in [-0.1, -0.05) is 30.2 Å². The lowest BCUT2D eigenvalue weighted by atomic mass is 9.94. The molecule has 1 N–H and O–H groups in total. The molecule has 3 aliphatic rings. The van der Waals surface area contributed by atoms with Crippen LogP contribution in [-0.4, -0.2) is 30.5 Å². The third-order valence-electron chi connectivity index (χ3n) is 6.89. The molecule has 2 aliphatic carbocycles. The zero-order valence-corrected chi connectivity index (χ0v) is 18.0. The Morgan fingerprint density at radius 2 is 2.00 bits per heavy atom. The Labute approximate surface area is 182 Å². The van der Waals surface area contributed by atoms with Crippen LogP contribution in [-0.2, 0) is 11.3 Å². The number of hydrogen-bond donors (Lipinski definition) is 1. The molecule has 30 heavy (non-hydrogen) atoms. The maximum Gasteiger partial charge on any atom is 0.255 e. The van der Waals surface area contributed by atoms with E-state index < -0.39 is 0 Å². The summed E-state index contributed by atoms with van der Waals surface area (Å²) in [4.78, 5) is 15.2. The first-order chi connectivity index (χ1) is 14.5. The Morgan fingerprint density at radius 3 is 2.73 bits per heavy atom. The Kier molecular flexibility index (Phi) is 5.30. The average Bonchev–Trinajstić information content (AvgIpc) is 3.38. The number of amides is 1. The largest absolute Gasteiger partial charge is 0.488 e. The Bertz CT molecular complexity index is 985. The fourth-order valence-electron chi connectivity index (χ4n) is 5.33. The number of rotatable bonds is 5. The van der Waals surface area contributed by atoms with Gasteiger partial charge < -0.3 is 10.1 Å². The molecule has 1 amide bonds. The predicted molar refractivity (Wildman–Crippen MR) is 121 cm³/mol. The van der Waals surface area contributed by atoms with Gasteiger partial charge in [0.15, 0.2) is 0 Å². The van der Waals surface area contributed by atoms with Crippen LogP contribution in [0.15, 0.2) is 48.0 Å². The van der Waals surface area contributed by atoms with Crippen molar-refractivity contribution in [1.29, 1.82) is 0 Å². The molecule has 2 unspecified atom stereocenters. The lowest BCUT2D eigenvalue weighted by Crippen LogP contribution is -2.35. The number of carbonyl (C=O) groups is 1. The highest BCUT2D eigenvalue weighted by molar-refractivity contribution is 6.30. The molecule has 1 heterocycles. The van der Waals surface area contributed by atoms with E-state index in [1.807, 2.05) is 24.3 Å². The van der Waals surface area contributed by atoms with Crippen molar-refractivity contribution in [1.82, 2.24) is 4.90 Å². The highest BCUT2D eigenvalue weighted by atomic mass is 35.5. The normalized spacial score (nSPS) is 24.4. The van der Waals surface area contributed by atoms with E-state index in [1.165, 1.54) is 31.2 Å². The van der Waals surface area contributed by atoms with Crippen molar-refractivity contribution in [2.24, 2.45) is 11.8 Å². The third kappa shape index (κ3) is 3.99. The van der Waals surface area contributed by atoms with Gasteiger partial charge in [0.2, 0.25) is 0 Å². The van der Waals surface area contributed by atoms with E-state index >= 15 is 0 Å². The maximum atomic E-state index is 12.7. The number of hydrogen-bond acceptors (Lipinski definition) is 3. The van der Waals surface area contributed by atoms with Crippen molar-refractivity contribution in [2.45, 2.75) is 38.3 Å². The second kappa shape index (κ2) is 8.09. The summed E-state index contributed by atoms with van der Waals surface area (Å²) in [5.41, 5.74) is 3.55. The molecule has 2 bridgehead atoms. The summed E-state index contributed by atoms with van der Waals surface area (Å²) < 4.78 is 5.69. The van der Waals surface area contributed by atoms with Crippen LogP contribution in [0, 0.1) is 11.8 Å². The number of anilines is 1. The van der Waals surface area contributed by atoms with Crippen molar-refractivity contribution >= 4 is 29.3 Å². The van der Waals surface area contributed by atoms with Crippen molar-refractivity contribution < 1.29 is 9.53 Å². The standard InChI is InChI=1S/C25H27ClN2O2/c1-28(23-11-17-2-5-18(23)10-17)14-16-3-8-22(9-4-16)27-25(29)20-12-19-6-7-21(26)13-24(19)30-15-20/h3-4,6-9,12-13,17-18,23H,2,5,10-11,14-15H2,1H3,(H,27,29)/t17?,18?,23-/m0/s1. The van der Waals surface area contributed by atoms with Gasteiger partial charge in [-0.25, -0.2) is 0 Å². The van der Waals surface area contributed by atoms with Crippen LogP contribution in [0.1, 0.15) is 36.8 Å². The molecule has 2 fully saturated rings. The zero-order chi connectivity index (χ0) is 20.7. The zero-order valence-electron chi connectivity index (χ0n) is 17.2. The first-order valence-corrected chi connectivity index (χ1v) is 11.2. The van der Waals surface area contributed by atoms with Gasteiger partial charge in [-0.2, -0.15) is 0 Å². The fourth-order valence-corrected chi connectivity index (χ4v) is 5.49. The molecule has 0 saturated heterocycles. The van der Waals surface area contributed by atoms with E-state index in [2.05, 4.69) is 29.4 Å². The number of ether oxygens (including phenoxy) is 1. The van der Waals surface area contributed by atoms with E-state index in [-0.39, 0.29) is 12.5 Å². The van der Waals surface area contributed by atoms with E-state index in [0.29, 0.717) is 16.3 Å². The van der Waals surface area contributed by atoms with E-state index in [9.17, 15) is 4.79 Å². The molecule has 0 radical (unpaired) electrons. The highest BCUT2D eigenvalue weighted by Crippen LogP contribution is 2.46. The van der Waals surface area contributed by atoms with Crippen LogP contribution >= 0.6 is 11.6 Å². The molecular formula is C25H27ClN2O2. The van der Waals surface area contributed by atoms with Gasteiger partial charge in [-0.05, 0) is 80.1 Å². The Balaban J connectivity index is 1.20. The van der Waals surface area contributed by atoms with Gasteiger partial charge >= 0.3 is 0 Å². The number of carbonyl (C=O) groups excluding carboxylic acids is 1. The monoisotopic (exact) mass is 422 g/mol. The molecule has 5 heteroatoms. The van der Waals surface area contributed by atoms with Gasteiger partial charge in [0.25, 0.3) is 5.91 Å². The van der Waals surface area contributed by atoms with Crippen molar-refractivity contribution in [3.05, 3.63) is 64.2 Å². The number of fused-ring (bicyclic) bond motifs is 3. The van der Waals surface area contributed by atoms with Gasteiger partial charge in [0.05, 0.1) is 5.57 Å². The third-order valence-corrected chi connectivity index (χ3v) is 7.13. The molecule has 156 valence electrons. The molecule has 2 saturated carbocycles. The van der Waals surface area contributed by atoms with Crippen LogP contribution in [0.5, 0.6) is 5.75 Å². The second-order valence-corrected chi connectivity index (χ2v) is 9.39. The SMILES string of the molecule is CN(Cc1ccc(NC(=O)C2=Cc3ccc(Cl)cc3OC2)cc1)[C@H]1CC2CCC1C2. The van der Waals surface area contributed by atoms with Crippen molar-refractivity contribution in [3.63, 3.8) is 0 Å². The van der Waals surface area contributed by atoms with Crippen LogP contribution in [0.25, 0.3) is 6.08 Å². The molecule has 0 spiro atoms. The van der Waals surface area contributed by atoms with Crippen molar-refractivity contribution in [3.8, 4) is 5.75 Å². The minimum absolute atomic E-state index is 0.137. The van der Waals surface area contributed by atoms with Crippen LogP contribution in [0.2, 0.25) is 5.02 Å². The molecule has 2 aromatic carbocycles. The Morgan fingerprint density at radius 1 is 1.17 bits per heavy atom. The van der Waals surface area contributed by atoms with Crippen molar-refractivity contribution in [2.75, 3.05) is 19.0 Å². The molecular weight excluding hydrogens is 396 g/mol. The second-order valence-electron chi connectivity index (χ2n) is 8.95. The molecule has 5 rings (SSSR count). The predicted octanol–water partition coefficient (Wildman–Crippen LogP) is 5.37. The van der Waals surface area contributed by atoms with Crippen LogP contribution in [0.3, 0.4) is 0 Å². The minimum Gasteiger partial charge on any atom is -0.488 e. The van der Waals surface area contributed by atoms with Gasteiger partial charge in [-0.3, -0.25) is 9.69 Å². The summed E-state index contributed by atoms with van der Waals surface area (Å²) in [5, 5.41) is 3.61. The summed E-state index contributed by atoms with van der Waals surface area (Å²) in [5.74, 6) is 2.43. The fraction of sp³-hybridized carbons (Fsp3) is 0.400. The summed E-state index contributed by atoms with van der Waals surface area (Å²) >= 11 is 6.00. The Hall–Kier alpha value is -2.30. The summed E-state index contributed by atoms with van der Waals surface area (Å²) in [7, 11) is 2.25. The van der Waals surface area contributed by atoms with E-state index in [0.717, 1.165) is 35.7 Å². The number of nitrogens with one attached hydrogen (secondary N) is 1. The number of benzene rings is 2. The first-order valence-electron chi connectivity index (χ1n) is 10.8. The maximum absolute atomic E-state index is 12.7. The quantitative estimate of drug-likeness (QED) is 0.703. The van der Waals surface area contributed by atoms with Gasteiger partial charge in [0.1, 0.15) is 12.4 Å². The lowest BCUT2D eigenvalue weighted by molar-refractivity contribution is -0.113. The number of halogens is 1. The molecule has 3 atom stereocenters. The molecule has 1 aliphatic heterocycles. The minimum atomic E-state index is -0.137. The summed E-state index contributed by atoms with van der Waals surface area (Å²) in [6.07, 6.45) is 7.49. The average molecular weight is 423 g/mol. The molecule has 4 nitrogen and oxygen atoms in total. The van der Waals surface area contributed by atoms with Crippen LogP contribution < -0.4 is 10.1 Å². The summed E-state index contributed by atoms with van der Waals surface area (Å²) in [6, 6.07) is 14.4. The van der Waals surface area contributed by atoms with Crippen LogP contribution in [0.4, 0.5) is 5.69 Å². The first kappa shape index (κ1) is 19.7. The number of nitrogens with zero attached hydrogens (tertiary/aromatic N) is 1. The smallest absolute Gasteiger partial charge is 0.255 e. The van der Waals surface area contributed by atoms with Gasteiger partial charge in [0, 0.05) is 28.9 Å². The van der Waals surface area contributed by atoms with E-state index in [1.54, 1.807) is 12.1 Å². The van der Waals surface area contributed by atoms with E-state index in [4.69, 9.17) is 16.3 Å². The highest BCUT2D eigenvalue weighted by Gasteiger charge is 2.41. The van der Waals surface area contributed by atoms with Gasteiger partial charge in [-0.15, -0.1) is 0 Å². The lowest BCUT2D eigenvalue weighted by Gasteiger charge is -2.31.